The molecule has 35 heavy (non-hydrogen) atoms. The molecule has 1 aromatic heterocycles. The molecule has 2 N–H and O–H groups in total. The molecule has 1 fully saturated rings. The first-order valence-electron chi connectivity index (χ1n) is 10.6. The van der Waals surface area contributed by atoms with Crippen molar-refractivity contribution in [2.24, 2.45) is 4.40 Å². The molecule has 2 amide bonds. The summed E-state index contributed by atoms with van der Waals surface area (Å²) in [6.07, 6.45) is 1.63. The summed E-state index contributed by atoms with van der Waals surface area (Å²) < 4.78 is 32.4. The van der Waals surface area contributed by atoms with Crippen LogP contribution in [0.1, 0.15) is 15.9 Å². The van der Waals surface area contributed by atoms with Gasteiger partial charge in [-0.25, -0.2) is 13.2 Å². The number of nitrogens with one attached hydrogen (secondary N) is 2. The molecule has 12 heteroatoms. The van der Waals surface area contributed by atoms with Gasteiger partial charge < -0.3 is 19.9 Å². The quantitative estimate of drug-likeness (QED) is 0.383. The molecule has 0 radical (unpaired) electrons. The van der Waals surface area contributed by atoms with Crippen LogP contribution >= 0.6 is 11.6 Å². The summed E-state index contributed by atoms with van der Waals surface area (Å²) in [5.41, 5.74) is 2.38. The zero-order valence-electron chi connectivity index (χ0n) is 19.3. The van der Waals surface area contributed by atoms with Crippen molar-refractivity contribution in [3.63, 3.8) is 0 Å². The Bertz CT molecular complexity index is 1420. The Morgan fingerprint density at radius 3 is 2.57 bits per heavy atom. The Morgan fingerprint density at radius 2 is 1.91 bits per heavy atom. The first-order chi connectivity index (χ1) is 16.5. The number of halogens is 1. The molecule has 1 saturated heterocycles. The SMILES string of the molecule is CN(C)/C(=N/S(C)(=O)=O)c1ccc(N2CC(CNC(=O)c3ccc4c(Cl)c[nH]c4c3)OC2=O)cc1. The summed E-state index contributed by atoms with van der Waals surface area (Å²) in [4.78, 5) is 31.1. The zero-order chi connectivity index (χ0) is 25.3. The number of aromatic amines is 1. The molecule has 1 aliphatic rings. The van der Waals surface area contributed by atoms with Crippen molar-refractivity contribution in [1.29, 1.82) is 0 Å². The summed E-state index contributed by atoms with van der Waals surface area (Å²) in [5.74, 6) is -0.0127. The standard InChI is InChI=1S/C23H24ClN5O5S/c1-28(2)21(27-35(3,32)33)14-4-7-16(8-5-14)29-13-17(34-23(29)31)11-26-22(30)15-6-9-18-19(24)12-25-20(18)10-15/h4-10,12,17,25H,11,13H2,1-3H3,(H,26,30)/b27-21+. The lowest BCUT2D eigenvalue weighted by atomic mass is 10.1. The number of sulfonamides is 1. The smallest absolute Gasteiger partial charge is 0.414 e. The fourth-order valence-electron chi connectivity index (χ4n) is 3.72. The maximum atomic E-state index is 12.6. The largest absolute Gasteiger partial charge is 0.442 e. The minimum atomic E-state index is -3.58. The van der Waals surface area contributed by atoms with Crippen molar-refractivity contribution < 1.29 is 22.7 Å². The number of fused-ring (bicyclic) bond motifs is 1. The number of amidine groups is 1. The minimum absolute atomic E-state index is 0.147. The van der Waals surface area contributed by atoms with E-state index in [2.05, 4.69) is 14.7 Å². The number of aromatic nitrogens is 1. The van der Waals surface area contributed by atoms with E-state index in [4.69, 9.17) is 16.3 Å². The van der Waals surface area contributed by atoms with Gasteiger partial charge in [-0.3, -0.25) is 9.69 Å². The summed E-state index contributed by atoms with van der Waals surface area (Å²) in [7, 11) is -0.193. The molecule has 3 aromatic rings. The van der Waals surface area contributed by atoms with Gasteiger partial charge in [-0.2, -0.15) is 0 Å². The number of anilines is 1. The van der Waals surface area contributed by atoms with E-state index in [9.17, 15) is 18.0 Å². The van der Waals surface area contributed by atoms with Crippen LogP contribution in [0.4, 0.5) is 10.5 Å². The van der Waals surface area contributed by atoms with Crippen LogP contribution in [0.15, 0.2) is 53.1 Å². The van der Waals surface area contributed by atoms with E-state index in [0.717, 1.165) is 17.2 Å². The first kappa shape index (κ1) is 24.6. The lowest BCUT2D eigenvalue weighted by molar-refractivity contribution is 0.0916. The Hall–Kier alpha value is -3.57. The van der Waals surface area contributed by atoms with Crippen molar-refractivity contribution in [2.75, 3.05) is 38.3 Å². The van der Waals surface area contributed by atoms with E-state index in [-0.39, 0.29) is 24.8 Å². The number of nitrogens with zero attached hydrogens (tertiary/aromatic N) is 3. The number of H-pyrrole nitrogens is 1. The van der Waals surface area contributed by atoms with Gasteiger partial charge in [-0.05, 0) is 36.4 Å². The summed E-state index contributed by atoms with van der Waals surface area (Å²) in [6, 6.07) is 11.9. The highest BCUT2D eigenvalue weighted by molar-refractivity contribution is 7.89. The van der Waals surface area contributed by atoms with Gasteiger partial charge in [-0.1, -0.05) is 17.7 Å². The molecule has 0 saturated carbocycles. The van der Waals surface area contributed by atoms with E-state index in [1.54, 1.807) is 67.7 Å². The van der Waals surface area contributed by atoms with Crippen LogP contribution in [0.2, 0.25) is 5.02 Å². The zero-order valence-corrected chi connectivity index (χ0v) is 20.9. The van der Waals surface area contributed by atoms with Crippen LogP contribution in [0.25, 0.3) is 10.9 Å². The van der Waals surface area contributed by atoms with E-state index in [0.29, 0.717) is 21.8 Å². The Balaban J connectivity index is 1.40. The van der Waals surface area contributed by atoms with Gasteiger partial charge in [0.1, 0.15) is 11.9 Å². The lowest BCUT2D eigenvalue weighted by Gasteiger charge is -2.17. The van der Waals surface area contributed by atoms with Crippen molar-refractivity contribution in [3.05, 3.63) is 64.8 Å². The van der Waals surface area contributed by atoms with E-state index in [1.807, 2.05) is 0 Å². The highest BCUT2D eigenvalue weighted by Crippen LogP contribution is 2.24. The summed E-state index contributed by atoms with van der Waals surface area (Å²) >= 11 is 6.08. The van der Waals surface area contributed by atoms with Crippen molar-refractivity contribution in [1.82, 2.24) is 15.2 Å². The van der Waals surface area contributed by atoms with E-state index >= 15 is 0 Å². The van der Waals surface area contributed by atoms with Gasteiger partial charge in [0.2, 0.25) is 0 Å². The molecule has 4 rings (SSSR count). The number of hydrogen-bond donors (Lipinski definition) is 2. The molecular formula is C23H24ClN5O5S. The fourth-order valence-corrected chi connectivity index (χ4v) is 4.52. The number of amides is 2. The van der Waals surface area contributed by atoms with Crippen LogP contribution in [0, 0.1) is 0 Å². The summed E-state index contributed by atoms with van der Waals surface area (Å²) in [6.45, 7) is 0.399. The Kier molecular flexibility index (Phi) is 6.73. The first-order valence-corrected chi connectivity index (χ1v) is 12.8. The molecule has 10 nitrogen and oxygen atoms in total. The van der Waals surface area contributed by atoms with Gasteiger partial charge in [0.05, 0.1) is 24.4 Å². The van der Waals surface area contributed by atoms with E-state index < -0.39 is 22.2 Å². The normalized spacial score (nSPS) is 16.5. The third kappa shape index (κ3) is 5.57. The Morgan fingerprint density at radius 1 is 1.23 bits per heavy atom. The second-order valence-corrected chi connectivity index (χ2v) is 10.4. The maximum Gasteiger partial charge on any atom is 0.414 e. The molecule has 0 bridgehead atoms. The topological polar surface area (TPSA) is 124 Å². The number of carbonyl (C=O) groups excluding carboxylic acids is 2. The fraction of sp³-hybridized carbons (Fsp3) is 0.261. The molecule has 0 spiro atoms. The maximum absolute atomic E-state index is 12.6. The van der Waals surface area contributed by atoms with Crippen LogP contribution in [-0.2, 0) is 14.8 Å². The Labute approximate surface area is 207 Å². The molecule has 0 aliphatic carbocycles. The number of benzene rings is 2. The van der Waals surface area contributed by atoms with Crippen molar-refractivity contribution >= 4 is 56.1 Å². The van der Waals surface area contributed by atoms with Crippen LogP contribution in [0.5, 0.6) is 0 Å². The number of rotatable bonds is 6. The number of carbonyl (C=O) groups is 2. The highest BCUT2D eigenvalue weighted by atomic mass is 35.5. The molecule has 2 aromatic carbocycles. The minimum Gasteiger partial charge on any atom is -0.442 e. The lowest BCUT2D eigenvalue weighted by Crippen LogP contribution is -2.34. The molecule has 1 aliphatic heterocycles. The van der Waals surface area contributed by atoms with Gasteiger partial charge >= 0.3 is 6.09 Å². The molecule has 184 valence electrons. The molecule has 1 atom stereocenters. The predicted octanol–water partition coefficient (Wildman–Crippen LogP) is 2.84. The van der Waals surface area contributed by atoms with Gasteiger partial charge in [-0.15, -0.1) is 4.40 Å². The number of ether oxygens (including phenoxy) is 1. The monoisotopic (exact) mass is 517 g/mol. The number of cyclic esters (lactones) is 1. The molecule has 2 heterocycles. The molecule has 1 unspecified atom stereocenters. The average molecular weight is 518 g/mol. The molecular weight excluding hydrogens is 494 g/mol. The van der Waals surface area contributed by atoms with E-state index in [1.165, 1.54) is 4.90 Å². The second-order valence-electron chi connectivity index (χ2n) is 8.31. The third-order valence-electron chi connectivity index (χ3n) is 5.37. The highest BCUT2D eigenvalue weighted by Gasteiger charge is 2.32. The predicted molar refractivity (Wildman–Crippen MR) is 135 cm³/mol. The second kappa shape index (κ2) is 9.59. The van der Waals surface area contributed by atoms with Crippen molar-refractivity contribution in [2.45, 2.75) is 6.10 Å². The van der Waals surface area contributed by atoms with Crippen LogP contribution < -0.4 is 10.2 Å². The van der Waals surface area contributed by atoms with Crippen molar-refractivity contribution in [3.8, 4) is 0 Å². The summed E-state index contributed by atoms with van der Waals surface area (Å²) in [5, 5.41) is 4.21. The number of hydrogen-bond acceptors (Lipinski definition) is 5. The van der Waals surface area contributed by atoms with Gasteiger partial charge in [0.25, 0.3) is 15.9 Å². The van der Waals surface area contributed by atoms with Crippen LogP contribution in [-0.4, -0.2) is 75.7 Å². The van der Waals surface area contributed by atoms with Gasteiger partial charge in [0, 0.05) is 48.0 Å². The average Bonchev–Trinajstić information content (AvgIpc) is 3.37. The van der Waals surface area contributed by atoms with Crippen LogP contribution in [0.3, 0.4) is 0 Å². The van der Waals surface area contributed by atoms with Gasteiger partial charge in [0.15, 0.2) is 0 Å². The third-order valence-corrected chi connectivity index (χ3v) is 6.19.